The minimum absolute atomic E-state index is 0.119. The van der Waals surface area contributed by atoms with Crippen LogP contribution in [0.2, 0.25) is 0 Å². The molecule has 6 heteroatoms. The molecule has 1 N–H and O–H groups in total. The third-order valence-corrected chi connectivity index (χ3v) is 5.08. The van der Waals surface area contributed by atoms with Crippen LogP contribution in [0.4, 0.5) is 4.79 Å². The molecule has 140 valence electrons. The van der Waals surface area contributed by atoms with Gasteiger partial charge in [-0.05, 0) is 53.6 Å². The normalized spacial score (nSPS) is 25.0. The minimum Gasteiger partial charge on any atom is -0.444 e. The fourth-order valence-corrected chi connectivity index (χ4v) is 3.63. The van der Waals surface area contributed by atoms with Gasteiger partial charge in [0.2, 0.25) is 0 Å². The molecular formula is C18H35N3O3. The van der Waals surface area contributed by atoms with Gasteiger partial charge in [-0.3, -0.25) is 0 Å². The average molecular weight is 341 g/mol. The Balaban J connectivity index is 1.85. The summed E-state index contributed by atoms with van der Waals surface area (Å²) in [6, 6.07) is 0.576. The second kappa shape index (κ2) is 8.02. The monoisotopic (exact) mass is 341 g/mol. The van der Waals surface area contributed by atoms with E-state index >= 15 is 0 Å². The summed E-state index contributed by atoms with van der Waals surface area (Å²) in [5.74, 6) is 0. The van der Waals surface area contributed by atoms with Crippen LogP contribution in [0.25, 0.3) is 0 Å². The molecule has 0 saturated carbocycles. The number of amides is 1. The quantitative estimate of drug-likeness (QED) is 0.828. The predicted octanol–water partition coefficient (Wildman–Crippen LogP) is 1.94. The number of methoxy groups -OCH3 is 1. The van der Waals surface area contributed by atoms with Crippen molar-refractivity contribution >= 4 is 6.09 Å². The van der Waals surface area contributed by atoms with Crippen molar-refractivity contribution in [2.75, 3.05) is 53.5 Å². The summed E-state index contributed by atoms with van der Waals surface area (Å²) in [4.78, 5) is 16.4. The highest BCUT2D eigenvalue weighted by atomic mass is 16.6. The van der Waals surface area contributed by atoms with Gasteiger partial charge in [-0.1, -0.05) is 0 Å². The van der Waals surface area contributed by atoms with E-state index < -0.39 is 5.60 Å². The number of likely N-dealkylation sites (N-methyl/N-ethyl adjacent to an activating group) is 1. The van der Waals surface area contributed by atoms with E-state index in [-0.39, 0.29) is 11.5 Å². The maximum absolute atomic E-state index is 12.2. The van der Waals surface area contributed by atoms with E-state index in [0.29, 0.717) is 6.04 Å². The van der Waals surface area contributed by atoms with E-state index in [1.807, 2.05) is 25.7 Å². The minimum atomic E-state index is -0.436. The van der Waals surface area contributed by atoms with Crippen molar-refractivity contribution < 1.29 is 14.3 Å². The molecule has 1 amide bonds. The molecule has 2 heterocycles. The third kappa shape index (κ3) is 5.60. The van der Waals surface area contributed by atoms with Crippen LogP contribution < -0.4 is 5.32 Å². The number of piperidine rings is 1. The fourth-order valence-electron chi connectivity index (χ4n) is 3.63. The molecule has 1 atom stereocenters. The fraction of sp³-hybridized carbons (Fsp3) is 0.944. The summed E-state index contributed by atoms with van der Waals surface area (Å²) < 4.78 is 11.0. The Kier molecular flexibility index (Phi) is 6.51. The second-order valence-electron chi connectivity index (χ2n) is 8.53. The van der Waals surface area contributed by atoms with E-state index in [4.69, 9.17) is 9.47 Å². The first-order valence-electron chi connectivity index (χ1n) is 9.12. The Hall–Kier alpha value is -0.850. The number of carbonyl (C=O) groups excluding carboxylic acids is 1. The largest absolute Gasteiger partial charge is 0.444 e. The van der Waals surface area contributed by atoms with Crippen LogP contribution in [0, 0.1) is 5.41 Å². The first-order valence-corrected chi connectivity index (χ1v) is 9.12. The third-order valence-electron chi connectivity index (χ3n) is 5.08. The van der Waals surface area contributed by atoms with Crippen LogP contribution in [0.5, 0.6) is 0 Å². The SMILES string of the molecule is COCC1(CNC2CCN(C)C2)CCN(C(=O)OC(C)(C)C)CC1. The molecule has 0 aliphatic carbocycles. The number of nitrogens with zero attached hydrogens (tertiary/aromatic N) is 2. The van der Waals surface area contributed by atoms with Gasteiger partial charge in [-0.25, -0.2) is 4.79 Å². The lowest BCUT2D eigenvalue weighted by molar-refractivity contribution is -0.00720. The van der Waals surface area contributed by atoms with Crippen molar-refractivity contribution in [2.24, 2.45) is 5.41 Å². The topological polar surface area (TPSA) is 54.0 Å². The summed E-state index contributed by atoms with van der Waals surface area (Å²) in [7, 11) is 3.94. The first kappa shape index (κ1) is 19.5. The highest BCUT2D eigenvalue weighted by Gasteiger charge is 2.37. The lowest BCUT2D eigenvalue weighted by Gasteiger charge is -2.42. The Bertz CT molecular complexity index is 414. The molecular weight excluding hydrogens is 306 g/mol. The van der Waals surface area contributed by atoms with E-state index in [2.05, 4.69) is 17.3 Å². The molecule has 2 fully saturated rings. The number of ether oxygens (including phenoxy) is 2. The Morgan fingerprint density at radius 1 is 1.25 bits per heavy atom. The van der Waals surface area contributed by atoms with Crippen LogP contribution in [0.15, 0.2) is 0 Å². The number of rotatable bonds is 5. The van der Waals surface area contributed by atoms with Gasteiger partial charge >= 0.3 is 6.09 Å². The average Bonchev–Trinajstić information content (AvgIpc) is 2.90. The lowest BCUT2D eigenvalue weighted by atomic mass is 9.78. The van der Waals surface area contributed by atoms with Gasteiger partial charge < -0.3 is 24.6 Å². The summed E-state index contributed by atoms with van der Waals surface area (Å²) in [5.41, 5.74) is -0.317. The van der Waals surface area contributed by atoms with Crippen molar-refractivity contribution in [1.82, 2.24) is 15.1 Å². The molecule has 6 nitrogen and oxygen atoms in total. The van der Waals surface area contributed by atoms with Crippen LogP contribution in [0.3, 0.4) is 0 Å². The molecule has 1 unspecified atom stereocenters. The summed E-state index contributed by atoms with van der Waals surface area (Å²) in [6.45, 7) is 11.2. The predicted molar refractivity (Wildman–Crippen MR) is 95.3 cm³/mol. The summed E-state index contributed by atoms with van der Waals surface area (Å²) in [6.07, 6.45) is 2.92. The van der Waals surface area contributed by atoms with Crippen molar-refractivity contribution in [3.8, 4) is 0 Å². The molecule has 2 aliphatic heterocycles. The molecule has 24 heavy (non-hydrogen) atoms. The van der Waals surface area contributed by atoms with Crippen LogP contribution >= 0.6 is 0 Å². The molecule has 0 aromatic heterocycles. The lowest BCUT2D eigenvalue weighted by Crippen LogP contribution is -2.51. The van der Waals surface area contributed by atoms with Gasteiger partial charge in [-0.15, -0.1) is 0 Å². The van der Waals surface area contributed by atoms with E-state index in [1.165, 1.54) is 13.0 Å². The van der Waals surface area contributed by atoms with Gasteiger partial charge in [0.05, 0.1) is 6.61 Å². The molecule has 2 aliphatic rings. The maximum atomic E-state index is 12.2. The molecule has 0 spiro atoms. The van der Waals surface area contributed by atoms with Crippen LogP contribution in [0.1, 0.15) is 40.0 Å². The molecule has 2 saturated heterocycles. The van der Waals surface area contributed by atoms with Gasteiger partial charge in [0, 0.05) is 44.7 Å². The first-order chi connectivity index (χ1) is 11.2. The maximum Gasteiger partial charge on any atom is 0.410 e. The van der Waals surface area contributed by atoms with Gasteiger partial charge in [-0.2, -0.15) is 0 Å². The number of likely N-dealkylation sites (tertiary alicyclic amines) is 2. The number of hydrogen-bond donors (Lipinski definition) is 1. The zero-order valence-corrected chi connectivity index (χ0v) is 16.1. The van der Waals surface area contributed by atoms with Crippen LogP contribution in [-0.4, -0.2) is 81.0 Å². The Morgan fingerprint density at radius 3 is 2.42 bits per heavy atom. The number of hydrogen-bond acceptors (Lipinski definition) is 5. The molecule has 0 radical (unpaired) electrons. The van der Waals surface area contributed by atoms with Crippen molar-refractivity contribution in [1.29, 1.82) is 0 Å². The Labute approximate surface area is 146 Å². The van der Waals surface area contributed by atoms with E-state index in [0.717, 1.165) is 45.6 Å². The summed E-state index contributed by atoms with van der Waals surface area (Å²) >= 11 is 0. The second-order valence-corrected chi connectivity index (χ2v) is 8.53. The molecule has 0 aromatic rings. The zero-order valence-electron chi connectivity index (χ0n) is 16.1. The molecule has 2 rings (SSSR count). The van der Waals surface area contributed by atoms with E-state index in [1.54, 1.807) is 7.11 Å². The zero-order chi connectivity index (χ0) is 17.8. The number of carbonyl (C=O) groups is 1. The van der Waals surface area contributed by atoms with Crippen molar-refractivity contribution in [3.63, 3.8) is 0 Å². The highest BCUT2D eigenvalue weighted by Crippen LogP contribution is 2.32. The van der Waals surface area contributed by atoms with Crippen molar-refractivity contribution in [3.05, 3.63) is 0 Å². The van der Waals surface area contributed by atoms with Crippen molar-refractivity contribution in [2.45, 2.75) is 51.7 Å². The van der Waals surface area contributed by atoms with Gasteiger partial charge in [0.25, 0.3) is 0 Å². The summed E-state index contributed by atoms with van der Waals surface area (Å²) in [5, 5.41) is 3.73. The highest BCUT2D eigenvalue weighted by molar-refractivity contribution is 5.68. The van der Waals surface area contributed by atoms with Crippen LogP contribution in [-0.2, 0) is 9.47 Å². The molecule has 0 bridgehead atoms. The van der Waals surface area contributed by atoms with Gasteiger partial charge in [0.1, 0.15) is 5.60 Å². The van der Waals surface area contributed by atoms with E-state index in [9.17, 15) is 4.79 Å². The Morgan fingerprint density at radius 2 is 1.92 bits per heavy atom. The smallest absolute Gasteiger partial charge is 0.410 e. The molecule has 0 aromatic carbocycles. The standard InChI is InChI=1S/C18H35N3O3/c1-17(2,3)24-16(22)21-10-7-18(8-11-21,14-23-5)13-19-15-6-9-20(4)12-15/h15,19H,6-14H2,1-5H3. The number of nitrogens with one attached hydrogen (secondary N) is 1. The van der Waals surface area contributed by atoms with Gasteiger partial charge in [0.15, 0.2) is 0 Å².